The quantitative estimate of drug-likeness (QED) is 0.477. The van der Waals surface area contributed by atoms with E-state index in [0.29, 0.717) is 11.6 Å². The zero-order chi connectivity index (χ0) is 23.2. The van der Waals surface area contributed by atoms with E-state index in [-0.39, 0.29) is 11.6 Å². The van der Waals surface area contributed by atoms with Crippen molar-refractivity contribution in [3.63, 3.8) is 0 Å². The second kappa shape index (κ2) is 14.6. The van der Waals surface area contributed by atoms with Gasteiger partial charge in [-0.1, -0.05) is 52.0 Å². The van der Waals surface area contributed by atoms with Crippen molar-refractivity contribution in [2.45, 2.75) is 59.4 Å². The second-order valence-corrected chi connectivity index (χ2v) is 8.23. The van der Waals surface area contributed by atoms with Gasteiger partial charge in [0.25, 0.3) is 5.56 Å². The number of nitrogens with zero attached hydrogens (tertiary/aromatic N) is 3. The van der Waals surface area contributed by atoms with Crippen LogP contribution in [0.1, 0.15) is 65.1 Å². The third kappa shape index (κ3) is 8.37. The molecule has 31 heavy (non-hydrogen) atoms. The van der Waals surface area contributed by atoms with Crippen molar-refractivity contribution in [1.82, 2.24) is 14.9 Å². The van der Waals surface area contributed by atoms with E-state index in [0.717, 1.165) is 41.9 Å². The Bertz CT molecular complexity index is 880. The van der Waals surface area contributed by atoms with E-state index < -0.39 is 0 Å². The second-order valence-electron chi connectivity index (χ2n) is 7.40. The van der Waals surface area contributed by atoms with Crippen molar-refractivity contribution in [2.75, 3.05) is 13.3 Å². The van der Waals surface area contributed by atoms with Gasteiger partial charge in [0.1, 0.15) is 0 Å². The maximum atomic E-state index is 12.4. The van der Waals surface area contributed by atoms with Crippen LogP contribution in [0.15, 0.2) is 63.8 Å². The van der Waals surface area contributed by atoms with Crippen molar-refractivity contribution in [1.29, 1.82) is 0 Å². The number of aromatic nitrogens is 2. The Morgan fingerprint density at radius 2 is 2.19 bits per heavy atom. The minimum atomic E-state index is -0.00230. The van der Waals surface area contributed by atoms with Gasteiger partial charge in [-0.3, -0.25) is 14.4 Å². The van der Waals surface area contributed by atoms with Crippen LogP contribution in [0, 0.1) is 5.92 Å². The minimum Gasteiger partial charge on any atom is -0.393 e. The van der Waals surface area contributed by atoms with Crippen LogP contribution in [0.25, 0.3) is 5.57 Å². The molecule has 1 N–H and O–H groups in total. The Hall–Kier alpha value is -2.34. The third-order valence-corrected chi connectivity index (χ3v) is 5.74. The van der Waals surface area contributed by atoms with Gasteiger partial charge >= 0.3 is 0 Å². The first-order valence-corrected chi connectivity index (χ1v) is 12.2. The monoisotopic (exact) mass is 442 g/mol. The summed E-state index contributed by atoms with van der Waals surface area (Å²) in [6.45, 7) is 12.2. The molecule has 1 aliphatic heterocycles. The molecule has 0 saturated carbocycles. The fraction of sp³-hybridized carbons (Fsp3) is 0.480. The maximum absolute atomic E-state index is 12.4. The smallest absolute Gasteiger partial charge is 0.254 e. The molecule has 2 atom stereocenters. The highest BCUT2D eigenvalue weighted by atomic mass is 32.2. The number of hydrogen-bond donors (Lipinski definition) is 1. The van der Waals surface area contributed by atoms with Crippen LogP contribution in [-0.4, -0.2) is 29.1 Å². The zero-order valence-corrected chi connectivity index (χ0v) is 20.7. The molecule has 0 spiro atoms. The van der Waals surface area contributed by atoms with Crippen molar-refractivity contribution in [3.05, 3.63) is 70.1 Å². The average molecular weight is 443 g/mol. The zero-order valence-electron chi connectivity index (χ0n) is 19.9. The molecule has 0 aromatic carbocycles. The van der Waals surface area contributed by atoms with E-state index in [4.69, 9.17) is 0 Å². The highest BCUT2D eigenvalue weighted by Crippen LogP contribution is 2.22. The SMILES string of the molecule is C=CC(=C/NC)/C(=C\C)c1cc(=O)n(C(CC)CCC)cn1.CSC1=CCC(C)C=N1. The number of allylic oxidation sites excluding steroid dienone is 5. The van der Waals surface area contributed by atoms with Gasteiger partial charge in [-0.2, -0.15) is 0 Å². The lowest BCUT2D eigenvalue weighted by molar-refractivity contribution is 0.430. The fourth-order valence-corrected chi connectivity index (χ4v) is 3.74. The summed E-state index contributed by atoms with van der Waals surface area (Å²) in [7, 11) is 1.83. The van der Waals surface area contributed by atoms with Gasteiger partial charge in [-0.25, -0.2) is 4.98 Å². The maximum Gasteiger partial charge on any atom is 0.254 e. The van der Waals surface area contributed by atoms with Crippen LogP contribution >= 0.6 is 11.8 Å². The summed E-state index contributed by atoms with van der Waals surface area (Å²) in [5.74, 6) is 0.640. The number of hydrogen-bond acceptors (Lipinski definition) is 5. The van der Waals surface area contributed by atoms with E-state index >= 15 is 0 Å². The van der Waals surface area contributed by atoms with Crippen LogP contribution < -0.4 is 10.9 Å². The fourth-order valence-electron chi connectivity index (χ4n) is 3.31. The molecule has 1 aromatic rings. The molecular formula is C25H38N4OS. The molecule has 0 aliphatic carbocycles. The molecule has 2 rings (SSSR count). The summed E-state index contributed by atoms with van der Waals surface area (Å²) in [6, 6.07) is 1.83. The molecule has 0 radical (unpaired) electrons. The summed E-state index contributed by atoms with van der Waals surface area (Å²) in [5, 5.41) is 4.15. The van der Waals surface area contributed by atoms with Gasteiger partial charge in [0.05, 0.1) is 17.1 Å². The minimum absolute atomic E-state index is 0.00230. The molecule has 0 bridgehead atoms. The highest BCUT2D eigenvalue weighted by Gasteiger charge is 2.12. The van der Waals surface area contributed by atoms with Crippen molar-refractivity contribution in [2.24, 2.45) is 10.9 Å². The molecule has 170 valence electrons. The lowest BCUT2D eigenvalue weighted by Crippen LogP contribution is -2.25. The highest BCUT2D eigenvalue weighted by molar-refractivity contribution is 8.02. The van der Waals surface area contributed by atoms with Crippen LogP contribution in [0.4, 0.5) is 0 Å². The lowest BCUT2D eigenvalue weighted by atomic mass is 10.0. The van der Waals surface area contributed by atoms with E-state index in [1.165, 1.54) is 0 Å². The molecule has 2 unspecified atom stereocenters. The van der Waals surface area contributed by atoms with Crippen LogP contribution in [0.5, 0.6) is 0 Å². The predicted octanol–water partition coefficient (Wildman–Crippen LogP) is 5.99. The molecular weight excluding hydrogens is 404 g/mol. The summed E-state index contributed by atoms with van der Waals surface area (Å²) >= 11 is 1.71. The largest absolute Gasteiger partial charge is 0.393 e. The van der Waals surface area contributed by atoms with Crippen molar-refractivity contribution < 1.29 is 0 Å². The molecule has 1 aliphatic rings. The van der Waals surface area contributed by atoms with E-state index in [1.54, 1.807) is 34.8 Å². The number of nitrogens with one attached hydrogen (secondary N) is 1. The first-order valence-electron chi connectivity index (χ1n) is 11.0. The topological polar surface area (TPSA) is 59.3 Å². The first-order chi connectivity index (χ1) is 14.9. The van der Waals surface area contributed by atoms with Gasteiger partial charge in [-0.15, -0.1) is 11.8 Å². The molecule has 5 nitrogen and oxygen atoms in total. The van der Waals surface area contributed by atoms with E-state index in [9.17, 15) is 4.79 Å². The Kier molecular flexibility index (Phi) is 12.6. The van der Waals surface area contributed by atoms with Gasteiger partial charge in [-0.05, 0) is 43.9 Å². The predicted molar refractivity (Wildman–Crippen MR) is 138 cm³/mol. The van der Waals surface area contributed by atoms with E-state index in [1.807, 2.05) is 32.5 Å². The molecule has 2 heterocycles. The summed E-state index contributed by atoms with van der Waals surface area (Å²) in [4.78, 5) is 21.2. The van der Waals surface area contributed by atoms with Crippen molar-refractivity contribution >= 4 is 23.5 Å². The van der Waals surface area contributed by atoms with Crippen LogP contribution in [0.2, 0.25) is 0 Å². The number of rotatable bonds is 9. The van der Waals surface area contributed by atoms with Crippen molar-refractivity contribution in [3.8, 4) is 0 Å². The summed E-state index contributed by atoms with van der Waals surface area (Å²) in [5.41, 5.74) is 2.49. The van der Waals surface area contributed by atoms with Gasteiger partial charge < -0.3 is 5.32 Å². The van der Waals surface area contributed by atoms with Gasteiger partial charge in [0.15, 0.2) is 0 Å². The molecule has 0 saturated heterocycles. The molecule has 1 aromatic heterocycles. The third-order valence-electron chi connectivity index (χ3n) is 5.05. The van der Waals surface area contributed by atoms with Gasteiger partial charge in [0, 0.05) is 37.1 Å². The molecule has 0 fully saturated rings. The summed E-state index contributed by atoms with van der Waals surface area (Å²) in [6.07, 6.45) is 17.6. The standard InChI is InChI=1S/C18H27N3O.C7H11NS/c1-6-10-15(8-3)21-13-20-17(11-18(21)22)16(9-4)14(7-2)12-19-5;1-6-3-4-7(9-2)8-5-6/h7,9,11-13,15,19H,2,6,8,10H2,1,3-5H3;4-6H,3H2,1-2H3/b14-12-,16-9+;. The van der Waals surface area contributed by atoms with E-state index in [2.05, 4.69) is 55.0 Å². The Balaban J connectivity index is 0.000000442. The summed E-state index contributed by atoms with van der Waals surface area (Å²) < 4.78 is 1.75. The Labute approximate surface area is 192 Å². The Morgan fingerprint density at radius 3 is 2.65 bits per heavy atom. The Morgan fingerprint density at radius 1 is 1.45 bits per heavy atom. The van der Waals surface area contributed by atoms with Crippen LogP contribution in [-0.2, 0) is 0 Å². The normalized spacial score (nSPS) is 17.4. The lowest BCUT2D eigenvalue weighted by Gasteiger charge is -2.17. The molecule has 0 amide bonds. The number of thioether (sulfide) groups is 1. The van der Waals surface area contributed by atoms with Gasteiger partial charge in [0.2, 0.25) is 0 Å². The average Bonchev–Trinajstić information content (AvgIpc) is 2.78. The first kappa shape index (κ1) is 26.7. The van der Waals surface area contributed by atoms with Crippen LogP contribution in [0.3, 0.4) is 0 Å². The number of aliphatic imine (C=N–C) groups is 1. The molecule has 6 heteroatoms.